The van der Waals surface area contributed by atoms with Gasteiger partial charge in [0.2, 0.25) is 0 Å². The summed E-state index contributed by atoms with van der Waals surface area (Å²) in [6, 6.07) is 0. The lowest BCUT2D eigenvalue weighted by Gasteiger charge is -2.09. The predicted octanol–water partition coefficient (Wildman–Crippen LogP) is 1.90. The highest BCUT2D eigenvalue weighted by Crippen LogP contribution is 1.98. The van der Waals surface area contributed by atoms with Crippen molar-refractivity contribution in [3.8, 4) is 0 Å². The summed E-state index contributed by atoms with van der Waals surface area (Å²) in [7, 11) is 0. The van der Waals surface area contributed by atoms with E-state index in [-0.39, 0.29) is 17.9 Å². The number of rotatable bonds is 1. The SMILES string of the molecule is CC(C)(N)/C=C/Cl.Cl. The fourth-order valence-corrected chi connectivity index (χ4v) is 0.487. The van der Waals surface area contributed by atoms with Gasteiger partial charge in [-0.25, -0.2) is 0 Å². The van der Waals surface area contributed by atoms with Gasteiger partial charge in [0.05, 0.1) is 0 Å². The van der Waals surface area contributed by atoms with Crippen molar-refractivity contribution in [2.24, 2.45) is 5.73 Å². The Hall–Kier alpha value is 0.280. The number of hydrogen-bond acceptors (Lipinski definition) is 1. The molecule has 0 fully saturated rings. The molecule has 0 spiro atoms. The number of nitrogens with two attached hydrogens (primary N) is 1. The lowest BCUT2D eigenvalue weighted by molar-refractivity contribution is 0.655. The van der Waals surface area contributed by atoms with E-state index in [4.69, 9.17) is 17.3 Å². The highest BCUT2D eigenvalue weighted by molar-refractivity contribution is 6.25. The molecule has 8 heavy (non-hydrogen) atoms. The van der Waals surface area contributed by atoms with Gasteiger partial charge in [-0.05, 0) is 13.8 Å². The van der Waals surface area contributed by atoms with Gasteiger partial charge >= 0.3 is 0 Å². The first kappa shape index (κ1) is 11.1. The monoisotopic (exact) mass is 155 g/mol. The van der Waals surface area contributed by atoms with E-state index in [1.165, 1.54) is 5.54 Å². The predicted molar refractivity (Wildman–Crippen MR) is 40.5 cm³/mol. The molecule has 0 amide bonds. The second kappa shape index (κ2) is 4.19. The molecule has 3 heteroatoms. The first-order chi connectivity index (χ1) is 3.06. The molecule has 0 unspecified atom stereocenters. The zero-order valence-electron chi connectivity index (χ0n) is 5.02. The maximum atomic E-state index is 5.47. The molecular formula is C5H11Cl2N. The molecule has 0 aliphatic rings. The van der Waals surface area contributed by atoms with Crippen LogP contribution < -0.4 is 5.73 Å². The molecule has 0 atom stereocenters. The molecule has 0 bridgehead atoms. The van der Waals surface area contributed by atoms with E-state index in [0.29, 0.717) is 0 Å². The van der Waals surface area contributed by atoms with Crippen molar-refractivity contribution < 1.29 is 0 Å². The van der Waals surface area contributed by atoms with Gasteiger partial charge in [-0.1, -0.05) is 17.7 Å². The maximum Gasteiger partial charge on any atom is 0.0293 e. The van der Waals surface area contributed by atoms with E-state index in [1.54, 1.807) is 6.08 Å². The summed E-state index contributed by atoms with van der Waals surface area (Å²) in [5.41, 5.74) is 6.64. The Morgan fingerprint density at radius 2 is 1.88 bits per heavy atom. The van der Waals surface area contributed by atoms with E-state index in [1.807, 2.05) is 13.8 Å². The normalized spacial score (nSPS) is 11.5. The van der Waals surface area contributed by atoms with Gasteiger partial charge in [0, 0.05) is 11.1 Å². The third-order valence-corrected chi connectivity index (χ3v) is 0.619. The summed E-state index contributed by atoms with van der Waals surface area (Å²) in [4.78, 5) is 0. The summed E-state index contributed by atoms with van der Waals surface area (Å²) < 4.78 is 0. The third kappa shape index (κ3) is 9.56. The van der Waals surface area contributed by atoms with Crippen molar-refractivity contribution in [3.05, 3.63) is 11.6 Å². The van der Waals surface area contributed by atoms with Gasteiger partial charge < -0.3 is 5.73 Å². The molecule has 0 aromatic rings. The fourth-order valence-electron chi connectivity index (χ4n) is 0.162. The lowest BCUT2D eigenvalue weighted by Crippen LogP contribution is -2.28. The van der Waals surface area contributed by atoms with Crippen molar-refractivity contribution in [1.82, 2.24) is 0 Å². The van der Waals surface area contributed by atoms with E-state index in [0.717, 1.165) is 0 Å². The highest BCUT2D eigenvalue weighted by atomic mass is 35.5. The van der Waals surface area contributed by atoms with E-state index in [2.05, 4.69) is 0 Å². The quantitative estimate of drug-likeness (QED) is 0.616. The molecule has 0 saturated carbocycles. The van der Waals surface area contributed by atoms with E-state index >= 15 is 0 Å². The van der Waals surface area contributed by atoms with Crippen LogP contribution in [0.4, 0.5) is 0 Å². The minimum atomic E-state index is -0.262. The summed E-state index contributed by atoms with van der Waals surface area (Å²) in [6.07, 6.45) is 1.73. The number of halogens is 2. The number of hydrogen-bond donors (Lipinski definition) is 1. The molecule has 0 saturated heterocycles. The van der Waals surface area contributed by atoms with Gasteiger partial charge in [0.15, 0.2) is 0 Å². The van der Waals surface area contributed by atoms with Gasteiger partial charge in [0.25, 0.3) is 0 Å². The van der Waals surface area contributed by atoms with Crippen molar-refractivity contribution in [2.45, 2.75) is 19.4 Å². The van der Waals surface area contributed by atoms with Gasteiger partial charge in [0.1, 0.15) is 0 Å². The topological polar surface area (TPSA) is 26.0 Å². The summed E-state index contributed by atoms with van der Waals surface area (Å²) in [5.74, 6) is 0. The van der Waals surface area contributed by atoms with Crippen LogP contribution in [-0.4, -0.2) is 5.54 Å². The maximum absolute atomic E-state index is 5.47. The minimum absolute atomic E-state index is 0. The van der Waals surface area contributed by atoms with Gasteiger partial charge in [-0.15, -0.1) is 12.4 Å². The molecule has 1 nitrogen and oxygen atoms in total. The average Bonchev–Trinajstić information content (AvgIpc) is 1.30. The minimum Gasteiger partial charge on any atom is -0.322 e. The van der Waals surface area contributed by atoms with Crippen molar-refractivity contribution in [2.75, 3.05) is 0 Å². The molecule has 0 aliphatic heterocycles. The second-order valence-electron chi connectivity index (χ2n) is 2.11. The van der Waals surface area contributed by atoms with Crippen LogP contribution in [-0.2, 0) is 0 Å². The summed E-state index contributed by atoms with van der Waals surface area (Å²) in [6.45, 7) is 3.76. The molecule has 0 aromatic carbocycles. The Balaban J connectivity index is 0. The van der Waals surface area contributed by atoms with Crippen LogP contribution in [0.5, 0.6) is 0 Å². The Kier molecular flexibility index (Phi) is 5.82. The van der Waals surface area contributed by atoms with Gasteiger partial charge in [-0.2, -0.15) is 0 Å². The molecule has 50 valence electrons. The standard InChI is InChI=1S/C5H10ClN.ClH/c1-5(2,7)3-4-6;/h3-4H,7H2,1-2H3;1H/b4-3+;. The zero-order valence-corrected chi connectivity index (χ0v) is 6.59. The van der Waals surface area contributed by atoms with E-state index < -0.39 is 0 Å². The molecule has 2 N–H and O–H groups in total. The van der Waals surface area contributed by atoms with Crippen LogP contribution in [0, 0.1) is 0 Å². The second-order valence-corrected chi connectivity index (χ2v) is 2.37. The summed E-state index contributed by atoms with van der Waals surface area (Å²) >= 11 is 5.23. The van der Waals surface area contributed by atoms with Crippen molar-refractivity contribution >= 4 is 24.0 Å². The zero-order chi connectivity index (χ0) is 5.91. The Morgan fingerprint density at radius 3 is 1.88 bits per heavy atom. The molecular weight excluding hydrogens is 145 g/mol. The molecule has 0 radical (unpaired) electrons. The lowest BCUT2D eigenvalue weighted by atomic mass is 10.1. The average molecular weight is 156 g/mol. The Bertz CT molecular complexity index is 73.0. The molecule has 0 heterocycles. The fraction of sp³-hybridized carbons (Fsp3) is 0.600. The molecule has 0 rings (SSSR count). The van der Waals surface area contributed by atoms with E-state index in [9.17, 15) is 0 Å². The molecule has 0 aliphatic carbocycles. The Morgan fingerprint density at radius 1 is 1.50 bits per heavy atom. The van der Waals surface area contributed by atoms with Crippen molar-refractivity contribution in [1.29, 1.82) is 0 Å². The third-order valence-electron chi connectivity index (χ3n) is 0.493. The largest absolute Gasteiger partial charge is 0.322 e. The van der Waals surface area contributed by atoms with Crippen molar-refractivity contribution in [3.63, 3.8) is 0 Å². The first-order valence-corrected chi connectivity index (χ1v) is 2.57. The van der Waals surface area contributed by atoms with Crippen LogP contribution in [0.2, 0.25) is 0 Å². The van der Waals surface area contributed by atoms with Gasteiger partial charge in [-0.3, -0.25) is 0 Å². The van der Waals surface area contributed by atoms with Crippen LogP contribution in [0.3, 0.4) is 0 Å². The van der Waals surface area contributed by atoms with Crippen LogP contribution in [0.25, 0.3) is 0 Å². The first-order valence-electron chi connectivity index (χ1n) is 2.13. The van der Waals surface area contributed by atoms with Crippen LogP contribution in [0.1, 0.15) is 13.8 Å². The highest BCUT2D eigenvalue weighted by Gasteiger charge is 2.01. The smallest absolute Gasteiger partial charge is 0.0293 e. The Labute approximate surface area is 61.3 Å². The van der Waals surface area contributed by atoms with Crippen LogP contribution in [0.15, 0.2) is 11.6 Å². The van der Waals surface area contributed by atoms with Crippen LogP contribution >= 0.6 is 24.0 Å². The summed E-state index contributed by atoms with van der Waals surface area (Å²) in [5, 5.41) is 0. The molecule has 0 aromatic heterocycles.